The lowest BCUT2D eigenvalue weighted by Crippen LogP contribution is -2.50. The largest absolute Gasteiger partial charge is 0.493 e. The van der Waals surface area contributed by atoms with Gasteiger partial charge in [-0.1, -0.05) is 38.1 Å². The van der Waals surface area contributed by atoms with Crippen LogP contribution in [0.1, 0.15) is 49.7 Å². The van der Waals surface area contributed by atoms with E-state index in [9.17, 15) is 14.0 Å². The zero-order chi connectivity index (χ0) is 20.7. The first kappa shape index (κ1) is 21.4. The van der Waals surface area contributed by atoms with Crippen molar-refractivity contribution in [3.63, 3.8) is 0 Å². The Bertz CT molecular complexity index is 806. The minimum atomic E-state index is -0.718. The van der Waals surface area contributed by atoms with Gasteiger partial charge in [-0.3, -0.25) is 9.59 Å². The number of carbonyl (C=O) groups is 2. The van der Waals surface area contributed by atoms with Gasteiger partial charge in [0, 0.05) is 0 Å². The maximum Gasteiger partial charge on any atom is 0.255 e. The number of para-hydroxylation sites is 1. The van der Waals surface area contributed by atoms with Gasteiger partial charge in [-0.2, -0.15) is 0 Å². The zero-order valence-corrected chi connectivity index (χ0v) is 16.7. The van der Waals surface area contributed by atoms with Gasteiger partial charge in [-0.15, -0.1) is 0 Å². The van der Waals surface area contributed by atoms with E-state index in [2.05, 4.69) is 10.6 Å². The summed E-state index contributed by atoms with van der Waals surface area (Å²) in [5.74, 6) is -0.641. The number of hydrogen-bond donors (Lipinski definition) is 2. The predicted molar refractivity (Wildman–Crippen MR) is 107 cm³/mol. The van der Waals surface area contributed by atoms with Gasteiger partial charge < -0.3 is 15.4 Å². The van der Waals surface area contributed by atoms with Gasteiger partial charge in [0.05, 0.1) is 18.2 Å². The van der Waals surface area contributed by atoms with E-state index in [0.29, 0.717) is 17.9 Å². The van der Waals surface area contributed by atoms with E-state index in [1.807, 2.05) is 27.7 Å². The van der Waals surface area contributed by atoms with E-state index in [1.54, 1.807) is 36.4 Å². The molecule has 0 aliphatic carbocycles. The number of nitrogens with one attached hydrogen (secondary N) is 2. The molecule has 2 N–H and O–H groups in total. The summed E-state index contributed by atoms with van der Waals surface area (Å²) >= 11 is 0. The number of rotatable bonds is 8. The molecule has 6 heteroatoms. The molecule has 0 unspecified atom stereocenters. The summed E-state index contributed by atoms with van der Waals surface area (Å²) in [5.41, 5.74) is 1.17. The number of benzene rings is 2. The van der Waals surface area contributed by atoms with Crippen LogP contribution in [0.5, 0.6) is 5.75 Å². The standard InChI is InChI=1S/C22H27FN2O3/c1-5-28-19-9-7-6-8-18(19)21(26)25-20(14(2)3)22(27)24-15(4)16-10-12-17(23)13-11-16/h6-15,20H,5H2,1-4H3,(H,24,27)(H,25,26)/t15-,20-/m0/s1. The van der Waals surface area contributed by atoms with Gasteiger partial charge in [-0.05, 0) is 49.6 Å². The Morgan fingerprint density at radius 3 is 2.25 bits per heavy atom. The lowest BCUT2D eigenvalue weighted by atomic mass is 10.0. The summed E-state index contributed by atoms with van der Waals surface area (Å²) in [5, 5.41) is 5.69. The minimum absolute atomic E-state index is 0.122. The molecule has 0 bridgehead atoms. The van der Waals surface area contributed by atoms with Crippen LogP contribution in [-0.2, 0) is 4.79 Å². The van der Waals surface area contributed by atoms with Gasteiger partial charge >= 0.3 is 0 Å². The first-order chi connectivity index (χ1) is 13.3. The zero-order valence-electron chi connectivity index (χ0n) is 16.7. The highest BCUT2D eigenvalue weighted by Gasteiger charge is 2.27. The average molecular weight is 386 g/mol. The summed E-state index contributed by atoms with van der Waals surface area (Å²) in [4.78, 5) is 25.5. The molecule has 0 aliphatic heterocycles. The molecule has 0 saturated carbocycles. The molecule has 0 spiro atoms. The van der Waals surface area contributed by atoms with Gasteiger partial charge in [0.15, 0.2) is 0 Å². The fourth-order valence-electron chi connectivity index (χ4n) is 2.83. The SMILES string of the molecule is CCOc1ccccc1C(=O)N[C@H](C(=O)N[C@@H](C)c1ccc(F)cc1)C(C)C. The molecule has 2 rings (SSSR count). The van der Waals surface area contributed by atoms with Crippen molar-refractivity contribution in [3.8, 4) is 5.75 Å². The van der Waals surface area contributed by atoms with Crippen molar-refractivity contribution < 1.29 is 18.7 Å². The van der Waals surface area contributed by atoms with Gasteiger partial charge in [-0.25, -0.2) is 4.39 Å². The number of amides is 2. The van der Waals surface area contributed by atoms with Crippen LogP contribution in [0.3, 0.4) is 0 Å². The second kappa shape index (κ2) is 9.88. The van der Waals surface area contributed by atoms with Crippen molar-refractivity contribution in [2.75, 3.05) is 6.61 Å². The Kier molecular flexibility index (Phi) is 7.55. The molecule has 0 saturated heterocycles. The van der Waals surface area contributed by atoms with Crippen LogP contribution in [0.15, 0.2) is 48.5 Å². The minimum Gasteiger partial charge on any atom is -0.493 e. The lowest BCUT2D eigenvalue weighted by Gasteiger charge is -2.24. The third-order valence-corrected chi connectivity index (χ3v) is 4.40. The third kappa shape index (κ3) is 5.55. The molecule has 150 valence electrons. The van der Waals surface area contributed by atoms with E-state index in [-0.39, 0.29) is 29.6 Å². The topological polar surface area (TPSA) is 67.4 Å². The molecule has 2 atom stereocenters. The Morgan fingerprint density at radius 1 is 1.00 bits per heavy atom. The Morgan fingerprint density at radius 2 is 1.64 bits per heavy atom. The Labute approximate surface area is 165 Å². The first-order valence-corrected chi connectivity index (χ1v) is 9.42. The highest BCUT2D eigenvalue weighted by atomic mass is 19.1. The first-order valence-electron chi connectivity index (χ1n) is 9.42. The van der Waals surface area contributed by atoms with E-state index in [1.165, 1.54) is 12.1 Å². The van der Waals surface area contributed by atoms with E-state index in [0.717, 1.165) is 5.56 Å². The number of halogens is 1. The normalized spacial score (nSPS) is 12.9. The molecule has 0 aromatic heterocycles. The lowest BCUT2D eigenvalue weighted by molar-refractivity contribution is -0.124. The maximum atomic E-state index is 13.1. The van der Waals surface area contributed by atoms with Crippen molar-refractivity contribution in [2.24, 2.45) is 5.92 Å². The molecule has 5 nitrogen and oxygen atoms in total. The van der Waals surface area contributed by atoms with Crippen LogP contribution in [0.25, 0.3) is 0 Å². The van der Waals surface area contributed by atoms with Gasteiger partial charge in [0.1, 0.15) is 17.6 Å². The smallest absolute Gasteiger partial charge is 0.255 e. The van der Waals surface area contributed by atoms with Crippen LogP contribution in [0, 0.1) is 11.7 Å². The summed E-state index contributed by atoms with van der Waals surface area (Å²) in [6, 6.07) is 11.8. The van der Waals surface area contributed by atoms with E-state index in [4.69, 9.17) is 4.74 Å². The third-order valence-electron chi connectivity index (χ3n) is 4.40. The molecule has 0 aliphatic rings. The number of carbonyl (C=O) groups excluding carboxylic acids is 2. The van der Waals surface area contributed by atoms with Gasteiger partial charge in [0.25, 0.3) is 5.91 Å². The summed E-state index contributed by atoms with van der Waals surface area (Å²) in [6.07, 6.45) is 0. The van der Waals surface area contributed by atoms with E-state index >= 15 is 0 Å². The quantitative estimate of drug-likeness (QED) is 0.724. The molecule has 0 fully saturated rings. The average Bonchev–Trinajstić information content (AvgIpc) is 2.66. The molecule has 28 heavy (non-hydrogen) atoms. The van der Waals surface area contributed by atoms with E-state index < -0.39 is 6.04 Å². The van der Waals surface area contributed by atoms with Crippen LogP contribution in [0.2, 0.25) is 0 Å². The Balaban J connectivity index is 2.11. The molecular formula is C22H27FN2O3. The summed E-state index contributed by atoms with van der Waals surface area (Å²) in [6.45, 7) is 7.82. The second-order valence-corrected chi connectivity index (χ2v) is 6.91. The Hall–Kier alpha value is -2.89. The number of hydrogen-bond acceptors (Lipinski definition) is 3. The highest BCUT2D eigenvalue weighted by Crippen LogP contribution is 2.19. The van der Waals surface area contributed by atoms with Crippen LogP contribution < -0.4 is 15.4 Å². The molecule has 2 aromatic carbocycles. The van der Waals surface area contributed by atoms with Crippen molar-refractivity contribution in [3.05, 3.63) is 65.5 Å². The second-order valence-electron chi connectivity index (χ2n) is 6.91. The van der Waals surface area contributed by atoms with Crippen molar-refractivity contribution in [2.45, 2.75) is 39.8 Å². The monoisotopic (exact) mass is 386 g/mol. The van der Waals surface area contributed by atoms with Crippen LogP contribution in [-0.4, -0.2) is 24.5 Å². The fourth-order valence-corrected chi connectivity index (χ4v) is 2.83. The molecule has 0 heterocycles. The van der Waals surface area contributed by atoms with Crippen LogP contribution >= 0.6 is 0 Å². The van der Waals surface area contributed by atoms with Gasteiger partial charge in [0.2, 0.25) is 5.91 Å². The van der Waals surface area contributed by atoms with Crippen molar-refractivity contribution in [1.82, 2.24) is 10.6 Å². The fraction of sp³-hybridized carbons (Fsp3) is 0.364. The van der Waals surface area contributed by atoms with Crippen molar-refractivity contribution >= 4 is 11.8 Å². The highest BCUT2D eigenvalue weighted by molar-refractivity contribution is 5.99. The number of ether oxygens (including phenoxy) is 1. The van der Waals surface area contributed by atoms with Crippen LogP contribution in [0.4, 0.5) is 4.39 Å². The molecular weight excluding hydrogens is 359 g/mol. The summed E-state index contributed by atoms with van der Waals surface area (Å²) in [7, 11) is 0. The predicted octanol–water partition coefficient (Wildman–Crippen LogP) is 3.86. The molecule has 0 radical (unpaired) electrons. The maximum absolute atomic E-state index is 13.1. The van der Waals surface area contributed by atoms with Crippen molar-refractivity contribution in [1.29, 1.82) is 0 Å². The molecule has 2 amide bonds. The summed E-state index contributed by atoms with van der Waals surface area (Å²) < 4.78 is 18.6. The molecule has 2 aromatic rings.